The molecule has 2 aliphatic heterocycles. The van der Waals surface area contributed by atoms with E-state index >= 15 is 0 Å². The highest BCUT2D eigenvalue weighted by molar-refractivity contribution is 5.94. The highest BCUT2D eigenvalue weighted by atomic mass is 19.4. The molecule has 4 rings (SSSR count). The van der Waals surface area contributed by atoms with E-state index in [9.17, 15) is 18.0 Å². The van der Waals surface area contributed by atoms with Crippen LogP contribution < -0.4 is 10.1 Å². The fourth-order valence-corrected chi connectivity index (χ4v) is 5.52. The molecule has 0 bridgehead atoms. The number of benzene rings is 2. The molecule has 2 atom stereocenters. The Morgan fingerprint density at radius 3 is 2.51 bits per heavy atom. The average Bonchev–Trinajstić information content (AvgIpc) is 2.89. The first-order valence-corrected chi connectivity index (χ1v) is 13.0. The lowest BCUT2D eigenvalue weighted by atomic mass is 9.86. The van der Waals surface area contributed by atoms with Crippen LogP contribution >= 0.6 is 0 Å². The molecule has 2 N–H and O–H groups in total. The summed E-state index contributed by atoms with van der Waals surface area (Å²) in [5.74, 6) is 0.656. The van der Waals surface area contributed by atoms with Gasteiger partial charge < -0.3 is 20.1 Å². The number of halogens is 3. The molecule has 0 aliphatic carbocycles. The maximum atomic E-state index is 13.1. The predicted octanol–water partition coefficient (Wildman–Crippen LogP) is 4.33. The third-order valence-corrected chi connectivity index (χ3v) is 7.65. The minimum absolute atomic E-state index is 0.104. The molecule has 0 radical (unpaired) electrons. The molecular formula is C28H36F3N3O3. The molecule has 2 fully saturated rings. The number of carbonyl (C=O) groups excluding carboxylic acids is 1. The quantitative estimate of drug-likeness (QED) is 0.509. The van der Waals surface area contributed by atoms with Gasteiger partial charge in [-0.3, -0.25) is 9.69 Å². The molecule has 2 unspecified atom stereocenters. The van der Waals surface area contributed by atoms with Gasteiger partial charge in [0.1, 0.15) is 12.4 Å². The lowest BCUT2D eigenvalue weighted by Crippen LogP contribution is -2.57. The number of piperidine rings is 1. The van der Waals surface area contributed by atoms with E-state index in [4.69, 9.17) is 9.84 Å². The molecular weight excluding hydrogens is 483 g/mol. The number of hydrogen-bond acceptors (Lipinski definition) is 5. The topological polar surface area (TPSA) is 65.0 Å². The highest BCUT2D eigenvalue weighted by Crippen LogP contribution is 2.39. The van der Waals surface area contributed by atoms with Crippen LogP contribution in [0.4, 0.5) is 13.2 Å². The highest BCUT2D eigenvalue weighted by Gasteiger charge is 2.38. The SMILES string of the molecule is Cc1c(OCCNCCO)ccc(C2CCCC3CN(C(=O)c4ccc(C(F)(F)F)cc4)CCN32)c1C. The van der Waals surface area contributed by atoms with Crippen molar-refractivity contribution in [3.05, 3.63) is 64.2 Å². The van der Waals surface area contributed by atoms with Crippen molar-refractivity contribution in [2.45, 2.75) is 51.4 Å². The number of ether oxygens (including phenoxy) is 1. The Hall–Kier alpha value is -2.62. The number of hydrogen-bond donors (Lipinski definition) is 2. The number of rotatable bonds is 8. The van der Waals surface area contributed by atoms with Crippen LogP contribution in [0.1, 0.15) is 57.9 Å². The van der Waals surface area contributed by atoms with Crippen LogP contribution in [0.15, 0.2) is 36.4 Å². The Kier molecular flexibility index (Phi) is 8.77. The molecule has 0 aromatic heterocycles. The summed E-state index contributed by atoms with van der Waals surface area (Å²) in [5, 5.41) is 12.0. The van der Waals surface area contributed by atoms with Crippen molar-refractivity contribution < 1.29 is 27.8 Å². The van der Waals surface area contributed by atoms with Crippen LogP contribution in [0, 0.1) is 13.8 Å². The second-order valence-corrected chi connectivity index (χ2v) is 9.89. The van der Waals surface area contributed by atoms with Crippen LogP contribution in [-0.4, -0.2) is 72.8 Å². The van der Waals surface area contributed by atoms with E-state index in [2.05, 4.69) is 30.1 Å². The van der Waals surface area contributed by atoms with Crippen molar-refractivity contribution in [2.75, 3.05) is 45.9 Å². The molecule has 0 saturated carbocycles. The normalized spacial score (nSPS) is 20.5. The van der Waals surface area contributed by atoms with Crippen molar-refractivity contribution in [3.63, 3.8) is 0 Å². The van der Waals surface area contributed by atoms with E-state index in [1.165, 1.54) is 23.3 Å². The fraction of sp³-hybridized carbons (Fsp3) is 0.536. The van der Waals surface area contributed by atoms with Crippen molar-refractivity contribution in [2.24, 2.45) is 0 Å². The summed E-state index contributed by atoms with van der Waals surface area (Å²) < 4.78 is 44.6. The molecule has 2 heterocycles. The zero-order valence-electron chi connectivity index (χ0n) is 21.5. The summed E-state index contributed by atoms with van der Waals surface area (Å²) in [5.41, 5.74) is 3.18. The number of nitrogens with one attached hydrogen (secondary N) is 1. The third kappa shape index (κ3) is 6.27. The monoisotopic (exact) mass is 519 g/mol. The van der Waals surface area contributed by atoms with Gasteiger partial charge in [0, 0.05) is 50.4 Å². The zero-order chi connectivity index (χ0) is 26.6. The second-order valence-electron chi connectivity index (χ2n) is 9.89. The third-order valence-electron chi connectivity index (χ3n) is 7.65. The lowest BCUT2D eigenvalue weighted by Gasteiger charge is -2.49. The van der Waals surface area contributed by atoms with Gasteiger partial charge in [-0.2, -0.15) is 13.2 Å². The van der Waals surface area contributed by atoms with E-state index in [-0.39, 0.29) is 24.6 Å². The summed E-state index contributed by atoms with van der Waals surface area (Å²) in [7, 11) is 0. The van der Waals surface area contributed by atoms with Gasteiger partial charge in [0.15, 0.2) is 0 Å². The average molecular weight is 520 g/mol. The maximum Gasteiger partial charge on any atom is 0.416 e. The number of fused-ring (bicyclic) bond motifs is 1. The van der Waals surface area contributed by atoms with Crippen LogP contribution in [0.2, 0.25) is 0 Å². The number of piperazine rings is 1. The Labute approximate surface area is 216 Å². The lowest BCUT2D eigenvalue weighted by molar-refractivity contribution is -0.137. The largest absolute Gasteiger partial charge is 0.492 e. The van der Waals surface area contributed by atoms with Gasteiger partial charge in [-0.25, -0.2) is 0 Å². The van der Waals surface area contributed by atoms with Crippen LogP contribution in [0.25, 0.3) is 0 Å². The Balaban J connectivity index is 1.41. The molecule has 0 spiro atoms. The van der Waals surface area contributed by atoms with E-state index in [0.717, 1.165) is 49.3 Å². The van der Waals surface area contributed by atoms with E-state index in [1.807, 2.05) is 6.07 Å². The van der Waals surface area contributed by atoms with Gasteiger partial charge in [-0.05, 0) is 80.1 Å². The number of aliphatic hydroxyl groups is 1. The number of alkyl halides is 3. The summed E-state index contributed by atoms with van der Waals surface area (Å²) in [6, 6.07) is 9.19. The standard InChI is InChI=1S/C28H36F3N3O3/c1-19-20(2)26(37-17-13-32-12-16-35)11-10-24(19)25-5-3-4-23-18-33(14-15-34(23)25)27(36)21-6-8-22(9-7-21)28(29,30)31/h6-11,23,25,32,35H,3-5,12-18H2,1-2H3. The summed E-state index contributed by atoms with van der Waals surface area (Å²) >= 11 is 0. The van der Waals surface area contributed by atoms with E-state index < -0.39 is 11.7 Å². The smallest absolute Gasteiger partial charge is 0.416 e. The maximum absolute atomic E-state index is 13.1. The fourth-order valence-electron chi connectivity index (χ4n) is 5.52. The molecule has 2 aromatic carbocycles. The van der Waals surface area contributed by atoms with Gasteiger partial charge >= 0.3 is 6.18 Å². The van der Waals surface area contributed by atoms with Crippen molar-refractivity contribution >= 4 is 5.91 Å². The van der Waals surface area contributed by atoms with Gasteiger partial charge in [0.2, 0.25) is 0 Å². The molecule has 2 aliphatic rings. The van der Waals surface area contributed by atoms with E-state index in [0.29, 0.717) is 38.3 Å². The van der Waals surface area contributed by atoms with Crippen LogP contribution in [0.5, 0.6) is 5.75 Å². The van der Waals surface area contributed by atoms with Gasteiger partial charge in [0.25, 0.3) is 5.91 Å². The zero-order valence-corrected chi connectivity index (χ0v) is 21.5. The minimum Gasteiger partial charge on any atom is -0.492 e. The van der Waals surface area contributed by atoms with Crippen molar-refractivity contribution in [1.82, 2.24) is 15.1 Å². The number of carbonyl (C=O) groups is 1. The summed E-state index contributed by atoms with van der Waals surface area (Å²) in [6.07, 6.45) is -1.31. The molecule has 1 amide bonds. The second kappa shape index (κ2) is 11.8. The van der Waals surface area contributed by atoms with Crippen molar-refractivity contribution in [3.8, 4) is 5.75 Å². The molecule has 2 aromatic rings. The molecule has 9 heteroatoms. The number of nitrogens with zero attached hydrogens (tertiary/aromatic N) is 2. The van der Waals surface area contributed by atoms with Gasteiger partial charge in [0.05, 0.1) is 12.2 Å². The Bertz CT molecular complexity index is 1070. The first-order valence-electron chi connectivity index (χ1n) is 13.0. The Morgan fingerprint density at radius 1 is 1.05 bits per heavy atom. The Morgan fingerprint density at radius 2 is 1.81 bits per heavy atom. The van der Waals surface area contributed by atoms with Gasteiger partial charge in [-0.1, -0.05) is 6.07 Å². The molecule has 6 nitrogen and oxygen atoms in total. The summed E-state index contributed by atoms with van der Waals surface area (Å²) in [6.45, 7) is 7.92. The predicted molar refractivity (Wildman–Crippen MR) is 136 cm³/mol. The van der Waals surface area contributed by atoms with E-state index in [1.54, 1.807) is 4.90 Å². The minimum atomic E-state index is -4.41. The van der Waals surface area contributed by atoms with Crippen molar-refractivity contribution in [1.29, 1.82) is 0 Å². The number of amides is 1. The molecule has 37 heavy (non-hydrogen) atoms. The molecule has 2 saturated heterocycles. The van der Waals surface area contributed by atoms with Gasteiger partial charge in [-0.15, -0.1) is 0 Å². The van der Waals surface area contributed by atoms with Crippen LogP contribution in [-0.2, 0) is 6.18 Å². The number of aliphatic hydroxyl groups excluding tert-OH is 1. The first-order chi connectivity index (χ1) is 17.7. The first kappa shape index (κ1) is 27.4. The summed E-state index contributed by atoms with van der Waals surface area (Å²) in [4.78, 5) is 17.3. The van der Waals surface area contributed by atoms with Crippen LogP contribution in [0.3, 0.4) is 0 Å². The molecule has 202 valence electrons.